The molecule has 8 aromatic rings. The summed E-state index contributed by atoms with van der Waals surface area (Å²) in [5.41, 5.74) is 13.8. The van der Waals surface area contributed by atoms with Gasteiger partial charge in [-0.3, -0.25) is 39.9 Å². The number of carbonyl (C=O) groups is 2. The quantitative estimate of drug-likeness (QED) is 0.0325. The van der Waals surface area contributed by atoms with Gasteiger partial charge in [0.15, 0.2) is 0 Å². The molecule has 4 heterocycles. The topological polar surface area (TPSA) is 331 Å². The Hall–Kier alpha value is -10.5. The summed E-state index contributed by atoms with van der Waals surface area (Å²) < 4.78 is 190. The first-order chi connectivity index (χ1) is 43.3. The van der Waals surface area contributed by atoms with Crippen molar-refractivity contribution in [3.8, 4) is 17.1 Å². The van der Waals surface area contributed by atoms with E-state index in [9.17, 15) is 111 Å². The standard InChI is InChI=1S/C11H10F3N3O3.C11H8F3N3O2.2C11H10F3N3.C7H8N2O2.C5H5F3O2.ClH/c1-7-6-10(18,11(12,13)14)16(15-7)8-2-4-9(5-3-8)17(19)20;1-7-6-10(11(12,13)14)16(15-7)8-2-4-9(5-3-8)17(18)19;2*1-7-6-10(11(12,13)14)17(16-7)9-4-2-8(15)3-5-9;8-5-6-1-3-7(4-2-6)9(10)11;1-3(9)2-4(10)5(6,7)8;/h2-5,18H,6H2,1H3;2-6H,1H3;2*2-6H,15H2,1H3;1-4H,5,8H2;2H2,1H3;1H. The SMILES string of the molecule is CC(=O)CC(=O)C(F)(F)F.CC1=NN(c2ccc([N+](=O)[O-])cc2)C(O)(C(F)(F)F)C1.Cc1cc(C(F)(F)F)n(-c2ccc(N)cc2)n1.Cc1cc(C(F)(F)F)n(-c2ccc(N)cc2)n1.Cc1cc(C(F)(F)F)n(-c2ccc([N+](=O)[O-])cc2)n1.Cl.NCc1ccc([N+](=O)[O-])cc1. The second kappa shape index (κ2) is 31.9. The minimum atomic E-state index is -4.91. The van der Waals surface area contributed by atoms with Crippen LogP contribution in [-0.2, 0) is 34.7 Å². The van der Waals surface area contributed by atoms with Gasteiger partial charge in [-0.05, 0) is 131 Å². The second-order valence-electron chi connectivity index (χ2n) is 19.5. The molecular formula is C56H52ClF15N14O9. The molecule has 1 aliphatic rings. The van der Waals surface area contributed by atoms with E-state index in [2.05, 4.69) is 20.4 Å². The lowest BCUT2D eigenvalue weighted by atomic mass is 10.1. The molecule has 95 heavy (non-hydrogen) atoms. The first-order valence-electron chi connectivity index (χ1n) is 26.1. The van der Waals surface area contributed by atoms with Crippen LogP contribution in [-0.4, -0.2) is 84.6 Å². The predicted octanol–water partition coefficient (Wildman–Crippen LogP) is 13.7. The van der Waals surface area contributed by atoms with Crippen molar-refractivity contribution < 1.29 is 95.3 Å². The number of ketones is 2. The number of halogens is 16. The van der Waals surface area contributed by atoms with Gasteiger partial charge in [0, 0.05) is 66.5 Å². The van der Waals surface area contributed by atoms with Gasteiger partial charge in [-0.15, -0.1) is 12.4 Å². The van der Waals surface area contributed by atoms with Gasteiger partial charge in [0.2, 0.25) is 5.78 Å². The number of hydrogen-bond acceptors (Lipinski definition) is 17. The lowest BCUT2D eigenvalue weighted by Gasteiger charge is -2.34. The number of alkyl halides is 15. The van der Waals surface area contributed by atoms with Gasteiger partial charge < -0.3 is 22.3 Å². The number of nitrogens with zero attached hydrogens (tertiary/aromatic N) is 11. The van der Waals surface area contributed by atoms with Gasteiger partial charge in [0.1, 0.15) is 22.9 Å². The number of nitrogens with two attached hydrogens (primary N) is 3. The van der Waals surface area contributed by atoms with E-state index in [4.69, 9.17) is 17.2 Å². The van der Waals surface area contributed by atoms with Crippen LogP contribution in [0.15, 0.2) is 145 Å². The largest absolute Gasteiger partial charge is 0.450 e. The number of carbonyl (C=O) groups excluding carboxylic acids is 2. The Labute approximate surface area is 531 Å². The number of hydrogen-bond donors (Lipinski definition) is 4. The molecule has 0 amide bonds. The van der Waals surface area contributed by atoms with Gasteiger partial charge >= 0.3 is 30.9 Å². The fourth-order valence-electron chi connectivity index (χ4n) is 7.65. The number of Topliss-reactive ketones (excluding diaryl/α,β-unsaturated/α-hetero) is 2. The fraction of sp³-hybridized carbons (Fsp3) is 0.250. The van der Waals surface area contributed by atoms with Crippen LogP contribution < -0.4 is 22.2 Å². The molecule has 1 atom stereocenters. The lowest BCUT2D eigenvalue weighted by molar-refractivity contribution is -0.385. The van der Waals surface area contributed by atoms with Crippen LogP contribution in [0.4, 0.5) is 100.0 Å². The number of nitro groups is 3. The normalized spacial score (nSPS) is 13.6. The Balaban J connectivity index is 0.000000301. The zero-order valence-electron chi connectivity index (χ0n) is 49.3. The van der Waals surface area contributed by atoms with Gasteiger partial charge in [0.25, 0.3) is 22.8 Å². The maximum atomic E-state index is 13.0. The van der Waals surface area contributed by atoms with Gasteiger partial charge in [-0.25, -0.2) is 19.1 Å². The average Bonchev–Trinajstić information content (AvgIpc) is 1.65. The lowest BCUT2D eigenvalue weighted by Crippen LogP contribution is -2.55. The maximum absolute atomic E-state index is 13.0. The monoisotopic (exact) mass is 1380 g/mol. The molecule has 1 aliphatic heterocycles. The number of anilines is 3. The number of nitro benzene ring substituents is 3. The van der Waals surface area contributed by atoms with Crippen molar-refractivity contribution in [2.45, 2.75) is 90.6 Å². The summed E-state index contributed by atoms with van der Waals surface area (Å²) in [6.07, 6.45) is -24.9. The number of nitrogen functional groups attached to an aromatic ring is 2. The minimum Gasteiger partial charge on any atom is -0.399 e. The Morgan fingerprint density at radius 3 is 1.04 bits per heavy atom. The Bertz CT molecular complexity index is 3850. The molecule has 39 heteroatoms. The highest BCUT2D eigenvalue weighted by Gasteiger charge is 2.61. The Kier molecular flexibility index (Phi) is 26.4. The van der Waals surface area contributed by atoms with E-state index in [1.807, 2.05) is 0 Å². The van der Waals surface area contributed by atoms with Crippen molar-refractivity contribution in [2.24, 2.45) is 10.8 Å². The van der Waals surface area contributed by atoms with Crippen LogP contribution in [0.1, 0.15) is 66.4 Å². The molecule has 0 fully saturated rings. The number of aromatic nitrogens is 6. The third kappa shape index (κ3) is 22.4. The van der Waals surface area contributed by atoms with Gasteiger partial charge in [0.05, 0.1) is 61.0 Å². The van der Waals surface area contributed by atoms with Crippen LogP contribution in [0.5, 0.6) is 0 Å². The average molecular weight is 1390 g/mol. The summed E-state index contributed by atoms with van der Waals surface area (Å²) in [6, 6.07) is 30.3. The summed E-state index contributed by atoms with van der Waals surface area (Å²) in [7, 11) is 0. The van der Waals surface area contributed by atoms with Gasteiger partial charge in [-0.1, -0.05) is 12.1 Å². The molecule has 5 aromatic carbocycles. The first-order valence-corrected chi connectivity index (χ1v) is 26.1. The second-order valence-corrected chi connectivity index (χ2v) is 19.5. The van der Waals surface area contributed by atoms with Crippen molar-refractivity contribution in [1.82, 2.24) is 29.3 Å². The predicted molar refractivity (Wildman–Crippen MR) is 314 cm³/mol. The third-order valence-electron chi connectivity index (χ3n) is 11.9. The summed E-state index contributed by atoms with van der Waals surface area (Å²) in [5.74, 6) is -2.76. The van der Waals surface area contributed by atoms with E-state index in [0.717, 1.165) is 81.1 Å². The van der Waals surface area contributed by atoms with E-state index < -0.39 is 92.9 Å². The highest BCUT2D eigenvalue weighted by atomic mass is 35.5. The van der Waals surface area contributed by atoms with Crippen molar-refractivity contribution >= 4 is 63.8 Å². The number of hydrazone groups is 1. The van der Waals surface area contributed by atoms with E-state index in [1.54, 1.807) is 12.1 Å². The fourth-order valence-corrected chi connectivity index (χ4v) is 7.65. The zero-order chi connectivity index (χ0) is 71.2. The molecular weight excluding hydrogens is 1330 g/mol. The molecule has 0 aliphatic carbocycles. The smallest absolute Gasteiger partial charge is 0.399 e. The Morgan fingerprint density at radius 1 is 0.516 bits per heavy atom. The van der Waals surface area contributed by atoms with Crippen molar-refractivity contribution in [1.29, 1.82) is 0 Å². The van der Waals surface area contributed by atoms with E-state index >= 15 is 0 Å². The maximum Gasteiger partial charge on any atom is 0.450 e. The van der Waals surface area contributed by atoms with Gasteiger partial charge in [-0.2, -0.15) is 86.3 Å². The van der Waals surface area contributed by atoms with Crippen LogP contribution in [0, 0.1) is 51.1 Å². The molecule has 1 unspecified atom stereocenters. The highest BCUT2D eigenvalue weighted by Crippen LogP contribution is 2.43. The Morgan fingerprint density at radius 2 is 0.800 bits per heavy atom. The molecule has 23 nitrogen and oxygen atoms in total. The summed E-state index contributed by atoms with van der Waals surface area (Å²) >= 11 is 0. The first kappa shape index (κ1) is 78.7. The number of aliphatic hydroxyl groups is 1. The molecule has 512 valence electrons. The molecule has 0 spiro atoms. The van der Waals surface area contributed by atoms with Crippen molar-refractivity contribution in [3.05, 3.63) is 210 Å². The summed E-state index contributed by atoms with van der Waals surface area (Å²) in [4.78, 5) is 49.4. The molecule has 9 rings (SSSR count). The third-order valence-corrected chi connectivity index (χ3v) is 11.9. The number of rotatable bonds is 10. The van der Waals surface area contributed by atoms with E-state index in [0.29, 0.717) is 45.7 Å². The van der Waals surface area contributed by atoms with Crippen LogP contribution >= 0.6 is 12.4 Å². The van der Waals surface area contributed by atoms with E-state index in [1.165, 1.54) is 100 Å². The minimum absolute atomic E-state index is 0. The molecule has 0 radical (unpaired) electrons. The highest BCUT2D eigenvalue weighted by molar-refractivity contribution is 6.00. The summed E-state index contributed by atoms with van der Waals surface area (Å²) in [6.45, 7) is 7.19. The zero-order valence-corrected chi connectivity index (χ0v) is 50.2. The van der Waals surface area contributed by atoms with E-state index in [-0.39, 0.29) is 52.2 Å². The van der Waals surface area contributed by atoms with Crippen LogP contribution in [0.2, 0.25) is 0 Å². The van der Waals surface area contributed by atoms with Crippen molar-refractivity contribution in [2.75, 3.05) is 16.5 Å². The van der Waals surface area contributed by atoms with Crippen LogP contribution in [0.3, 0.4) is 0 Å². The molecule has 3 aromatic heterocycles. The molecule has 0 saturated carbocycles. The van der Waals surface area contributed by atoms with Crippen LogP contribution in [0.25, 0.3) is 17.1 Å². The number of non-ortho nitro benzene ring substituents is 3. The molecule has 0 saturated heterocycles. The number of aryl methyl sites for hydroxylation is 3. The summed E-state index contributed by atoms with van der Waals surface area (Å²) in [5, 5.41) is 56.5. The van der Waals surface area contributed by atoms with Crippen molar-refractivity contribution in [3.63, 3.8) is 0 Å². The number of benzene rings is 5. The molecule has 7 N–H and O–H groups in total. The molecule has 0 bridgehead atoms.